The SMILES string of the molecule is C#C[C@@H]1CN(C(=O)[C@@H](C)CC(C)C)[C@H]2[C@@H]1OCC2(OC)OC.[Cl-]. The number of nitrogens with zero attached hydrogens (tertiary/aromatic N) is 1. The highest BCUT2D eigenvalue weighted by atomic mass is 35.5. The molecular weight excluding hydrogens is 318 g/mol. The predicted molar refractivity (Wildman–Crippen MR) is 82.9 cm³/mol. The number of fused-ring (bicyclic) bond motifs is 1. The van der Waals surface area contributed by atoms with Crippen molar-refractivity contribution in [2.75, 3.05) is 27.4 Å². The normalized spacial score (nSPS) is 29.8. The number of hydrogen-bond acceptors (Lipinski definition) is 4. The van der Waals surface area contributed by atoms with Gasteiger partial charge < -0.3 is 31.5 Å². The molecule has 0 N–H and O–H groups in total. The van der Waals surface area contributed by atoms with Crippen molar-refractivity contribution in [3.63, 3.8) is 0 Å². The van der Waals surface area contributed by atoms with Crippen LogP contribution in [0.15, 0.2) is 0 Å². The number of amides is 1. The first-order valence-corrected chi connectivity index (χ1v) is 7.88. The molecule has 5 nitrogen and oxygen atoms in total. The Morgan fingerprint density at radius 2 is 2.00 bits per heavy atom. The first-order chi connectivity index (χ1) is 10.4. The van der Waals surface area contributed by atoms with E-state index in [2.05, 4.69) is 19.8 Å². The van der Waals surface area contributed by atoms with Gasteiger partial charge in [0.05, 0.1) is 12.0 Å². The molecule has 23 heavy (non-hydrogen) atoms. The zero-order valence-corrected chi connectivity index (χ0v) is 15.3. The Morgan fingerprint density at radius 3 is 2.48 bits per heavy atom. The van der Waals surface area contributed by atoms with Crippen LogP contribution in [-0.4, -0.2) is 56.1 Å². The zero-order chi connectivity index (χ0) is 16.5. The quantitative estimate of drug-likeness (QED) is 0.451. The van der Waals surface area contributed by atoms with Crippen LogP contribution in [0.3, 0.4) is 0 Å². The zero-order valence-electron chi connectivity index (χ0n) is 14.5. The monoisotopic (exact) mass is 344 g/mol. The average Bonchev–Trinajstić information content (AvgIpc) is 3.04. The van der Waals surface area contributed by atoms with E-state index in [1.807, 2.05) is 11.8 Å². The van der Waals surface area contributed by atoms with Crippen LogP contribution >= 0.6 is 0 Å². The maximum absolute atomic E-state index is 12.9. The molecule has 2 rings (SSSR count). The van der Waals surface area contributed by atoms with Gasteiger partial charge in [-0.1, -0.05) is 26.7 Å². The van der Waals surface area contributed by atoms with E-state index in [4.69, 9.17) is 20.6 Å². The highest BCUT2D eigenvalue weighted by Crippen LogP contribution is 2.42. The Morgan fingerprint density at radius 1 is 1.39 bits per heavy atom. The summed E-state index contributed by atoms with van der Waals surface area (Å²) in [5.74, 6) is 2.23. The molecule has 0 unspecified atom stereocenters. The third kappa shape index (κ3) is 3.51. The number of carbonyl (C=O) groups excluding carboxylic acids is 1. The van der Waals surface area contributed by atoms with E-state index in [1.165, 1.54) is 0 Å². The third-order valence-electron chi connectivity index (χ3n) is 4.80. The lowest BCUT2D eigenvalue weighted by atomic mass is 9.96. The molecule has 0 aliphatic carbocycles. The summed E-state index contributed by atoms with van der Waals surface area (Å²) in [6.45, 7) is 7.00. The molecule has 2 aliphatic rings. The minimum atomic E-state index is -0.927. The van der Waals surface area contributed by atoms with Gasteiger partial charge in [0.25, 0.3) is 0 Å². The largest absolute Gasteiger partial charge is 1.00 e. The third-order valence-corrected chi connectivity index (χ3v) is 4.80. The molecule has 0 aromatic heterocycles. The molecule has 1 amide bonds. The highest BCUT2D eigenvalue weighted by molar-refractivity contribution is 5.79. The Labute approximate surface area is 145 Å². The standard InChI is InChI=1S/C17H27NO4.ClH/c1-7-13-9-18(16(19)12(4)8-11(2)3)15-14(13)22-10-17(15,20-5)21-6;/h1,11-15H,8-10H2,2-6H3;1H/p-1/t12-,13+,14+,15-;/m0./s1. The van der Waals surface area contributed by atoms with Crippen molar-refractivity contribution in [1.29, 1.82) is 0 Å². The maximum atomic E-state index is 12.9. The van der Waals surface area contributed by atoms with Gasteiger partial charge in [-0.05, 0) is 12.3 Å². The summed E-state index contributed by atoms with van der Waals surface area (Å²) in [6, 6.07) is -0.286. The molecule has 4 atom stereocenters. The number of hydrogen-bond donors (Lipinski definition) is 0. The van der Waals surface area contributed by atoms with Gasteiger partial charge in [0.15, 0.2) is 0 Å². The topological polar surface area (TPSA) is 48.0 Å². The lowest BCUT2D eigenvalue weighted by Crippen LogP contribution is -3.00. The van der Waals surface area contributed by atoms with Crippen LogP contribution in [0.1, 0.15) is 27.2 Å². The Bertz CT molecular complexity index is 458. The molecule has 2 saturated heterocycles. The first kappa shape index (κ1) is 20.2. The van der Waals surface area contributed by atoms with Gasteiger partial charge in [-0.15, -0.1) is 6.42 Å². The number of halogens is 1. The van der Waals surface area contributed by atoms with Gasteiger partial charge >= 0.3 is 0 Å². The second-order valence-corrected chi connectivity index (χ2v) is 6.73. The van der Waals surface area contributed by atoms with Gasteiger partial charge in [-0.3, -0.25) is 4.79 Å². The van der Waals surface area contributed by atoms with Gasteiger partial charge in [0.1, 0.15) is 12.6 Å². The van der Waals surface area contributed by atoms with E-state index in [9.17, 15) is 4.79 Å². The summed E-state index contributed by atoms with van der Waals surface area (Å²) >= 11 is 0. The lowest BCUT2D eigenvalue weighted by Gasteiger charge is -2.37. The Kier molecular flexibility index (Phi) is 6.91. The summed E-state index contributed by atoms with van der Waals surface area (Å²) in [5.41, 5.74) is 0. The van der Waals surface area contributed by atoms with Crippen molar-refractivity contribution in [2.45, 2.75) is 45.1 Å². The van der Waals surface area contributed by atoms with E-state index in [0.717, 1.165) is 6.42 Å². The van der Waals surface area contributed by atoms with Gasteiger partial charge in [0.2, 0.25) is 11.7 Å². The molecular formula is C17H27ClNO4-. The molecule has 0 aromatic rings. The van der Waals surface area contributed by atoms with Gasteiger partial charge in [-0.2, -0.15) is 0 Å². The van der Waals surface area contributed by atoms with Crippen LogP contribution < -0.4 is 12.4 Å². The molecule has 2 fully saturated rings. The van der Waals surface area contributed by atoms with Crippen LogP contribution in [0.25, 0.3) is 0 Å². The molecule has 0 bridgehead atoms. The molecule has 6 heteroatoms. The van der Waals surface area contributed by atoms with Crippen molar-refractivity contribution in [3.05, 3.63) is 0 Å². The summed E-state index contributed by atoms with van der Waals surface area (Å²) in [5, 5.41) is 0. The van der Waals surface area contributed by atoms with Crippen molar-refractivity contribution in [1.82, 2.24) is 4.90 Å². The van der Waals surface area contributed by atoms with Crippen molar-refractivity contribution in [3.8, 4) is 12.3 Å². The molecule has 2 aliphatic heterocycles. The number of ether oxygens (including phenoxy) is 3. The van der Waals surface area contributed by atoms with E-state index in [0.29, 0.717) is 12.5 Å². The Balaban J connectivity index is 0.00000264. The molecule has 0 saturated carbocycles. The number of rotatable bonds is 5. The lowest BCUT2D eigenvalue weighted by molar-refractivity contribution is -0.227. The second-order valence-electron chi connectivity index (χ2n) is 6.73. The summed E-state index contributed by atoms with van der Waals surface area (Å²) in [4.78, 5) is 14.7. The van der Waals surface area contributed by atoms with E-state index in [-0.39, 0.29) is 48.9 Å². The van der Waals surface area contributed by atoms with E-state index in [1.54, 1.807) is 14.2 Å². The summed E-state index contributed by atoms with van der Waals surface area (Å²) < 4.78 is 17.0. The van der Waals surface area contributed by atoms with E-state index < -0.39 is 5.79 Å². The molecule has 2 heterocycles. The summed E-state index contributed by atoms with van der Waals surface area (Å²) in [6.07, 6.45) is 6.26. The number of terminal acetylenes is 1. The van der Waals surface area contributed by atoms with Crippen LogP contribution in [0, 0.1) is 30.1 Å². The van der Waals surface area contributed by atoms with Gasteiger partial charge in [0, 0.05) is 26.7 Å². The fourth-order valence-electron chi connectivity index (χ4n) is 3.73. The molecule has 132 valence electrons. The van der Waals surface area contributed by atoms with Crippen molar-refractivity contribution >= 4 is 5.91 Å². The maximum Gasteiger partial charge on any atom is 0.225 e. The van der Waals surface area contributed by atoms with E-state index >= 15 is 0 Å². The predicted octanol–water partition coefficient (Wildman–Crippen LogP) is -1.48. The van der Waals surface area contributed by atoms with Crippen LogP contribution in [0.4, 0.5) is 0 Å². The number of methoxy groups -OCH3 is 2. The summed E-state index contributed by atoms with van der Waals surface area (Å²) in [7, 11) is 3.16. The minimum absolute atomic E-state index is 0. The Hall–Kier alpha value is -0.800. The number of carbonyl (C=O) groups is 1. The van der Waals surface area contributed by atoms with Crippen LogP contribution in [0.2, 0.25) is 0 Å². The second kappa shape index (κ2) is 7.85. The van der Waals surface area contributed by atoms with Crippen LogP contribution in [0.5, 0.6) is 0 Å². The average molecular weight is 345 g/mol. The van der Waals surface area contributed by atoms with Crippen LogP contribution in [-0.2, 0) is 19.0 Å². The fourth-order valence-corrected chi connectivity index (χ4v) is 3.73. The molecule has 0 spiro atoms. The minimum Gasteiger partial charge on any atom is -1.00 e. The first-order valence-electron chi connectivity index (χ1n) is 7.88. The van der Waals surface area contributed by atoms with Crippen molar-refractivity contribution in [2.24, 2.45) is 17.8 Å². The fraction of sp³-hybridized carbons (Fsp3) is 0.824. The van der Waals surface area contributed by atoms with Crippen molar-refractivity contribution < 1.29 is 31.4 Å². The highest BCUT2D eigenvalue weighted by Gasteiger charge is 2.61. The molecule has 0 radical (unpaired) electrons. The van der Waals surface area contributed by atoms with Gasteiger partial charge in [-0.25, -0.2) is 0 Å². The smallest absolute Gasteiger partial charge is 0.225 e. The number of likely N-dealkylation sites (tertiary alicyclic amines) is 1. The molecule has 0 aromatic carbocycles.